The zero-order chi connectivity index (χ0) is 18.8. The minimum atomic E-state index is -0.468. The van der Waals surface area contributed by atoms with Crippen LogP contribution in [0.3, 0.4) is 0 Å². The molecule has 0 spiro atoms. The number of phenols is 1. The van der Waals surface area contributed by atoms with Crippen LogP contribution in [-0.2, 0) is 12.2 Å². The summed E-state index contributed by atoms with van der Waals surface area (Å²) in [7, 11) is 0. The summed E-state index contributed by atoms with van der Waals surface area (Å²) in [5.41, 5.74) is 2.25. The number of nitrogens with zero attached hydrogens (tertiary/aromatic N) is 3. The van der Waals surface area contributed by atoms with Crippen molar-refractivity contribution in [2.24, 2.45) is 0 Å². The fourth-order valence-electron chi connectivity index (χ4n) is 2.73. The SMILES string of the molecule is CCc1cc2c(CSc3nnc(-c4ccncc4)o3)cc(=O)oc2cc1O. The molecule has 0 aliphatic carbocycles. The summed E-state index contributed by atoms with van der Waals surface area (Å²) in [6, 6.07) is 8.36. The molecule has 0 bridgehead atoms. The molecule has 0 aliphatic rings. The molecule has 0 aliphatic heterocycles. The molecule has 0 radical (unpaired) electrons. The molecule has 4 rings (SSSR count). The maximum Gasteiger partial charge on any atom is 0.336 e. The number of hydrogen-bond donors (Lipinski definition) is 1. The van der Waals surface area contributed by atoms with E-state index in [9.17, 15) is 9.90 Å². The molecule has 8 heteroatoms. The van der Waals surface area contributed by atoms with Crippen LogP contribution in [-0.4, -0.2) is 20.3 Å². The lowest BCUT2D eigenvalue weighted by Crippen LogP contribution is -2.00. The lowest BCUT2D eigenvalue weighted by molar-refractivity contribution is 0.465. The van der Waals surface area contributed by atoms with Crippen LogP contribution >= 0.6 is 11.8 Å². The molecule has 136 valence electrons. The van der Waals surface area contributed by atoms with Gasteiger partial charge in [0.25, 0.3) is 5.22 Å². The third-order valence-electron chi connectivity index (χ3n) is 4.10. The number of pyridine rings is 1. The van der Waals surface area contributed by atoms with E-state index in [0.29, 0.717) is 28.9 Å². The van der Waals surface area contributed by atoms with Gasteiger partial charge in [-0.3, -0.25) is 4.98 Å². The number of fused-ring (bicyclic) bond motifs is 1. The Morgan fingerprint density at radius 1 is 1.07 bits per heavy atom. The van der Waals surface area contributed by atoms with E-state index in [1.807, 2.05) is 13.0 Å². The number of thioether (sulfide) groups is 1. The summed E-state index contributed by atoms with van der Waals surface area (Å²) in [5, 5.41) is 19.3. The predicted molar refractivity (Wildman–Crippen MR) is 101 cm³/mol. The van der Waals surface area contributed by atoms with Gasteiger partial charge in [-0.2, -0.15) is 0 Å². The molecule has 4 aromatic rings. The first-order valence-corrected chi connectivity index (χ1v) is 9.28. The van der Waals surface area contributed by atoms with E-state index in [4.69, 9.17) is 8.83 Å². The van der Waals surface area contributed by atoms with E-state index in [0.717, 1.165) is 22.1 Å². The number of aryl methyl sites for hydroxylation is 1. The molecule has 0 amide bonds. The standard InChI is InChI=1S/C19H15N3O4S/c1-2-11-7-14-13(8-17(24)25-16(14)9-15(11)23)10-27-19-22-21-18(26-19)12-3-5-20-6-4-12/h3-9,23H,2,10H2,1H3. The number of phenolic OH excluding ortho intramolecular Hbond substituents is 1. The summed E-state index contributed by atoms with van der Waals surface area (Å²) in [5.74, 6) is 0.987. The Kier molecular flexibility index (Phi) is 4.64. The van der Waals surface area contributed by atoms with Crippen LogP contribution < -0.4 is 5.63 Å². The minimum Gasteiger partial charge on any atom is -0.508 e. The second-order valence-electron chi connectivity index (χ2n) is 5.82. The van der Waals surface area contributed by atoms with Crippen LogP contribution in [0.5, 0.6) is 5.75 Å². The van der Waals surface area contributed by atoms with Crippen molar-refractivity contribution >= 4 is 22.7 Å². The Labute approximate surface area is 158 Å². The maximum atomic E-state index is 11.9. The summed E-state index contributed by atoms with van der Waals surface area (Å²) in [4.78, 5) is 15.8. The lowest BCUT2D eigenvalue weighted by Gasteiger charge is -2.07. The molecule has 27 heavy (non-hydrogen) atoms. The van der Waals surface area contributed by atoms with Gasteiger partial charge in [-0.05, 0) is 35.7 Å². The van der Waals surface area contributed by atoms with Gasteiger partial charge in [-0.1, -0.05) is 18.7 Å². The van der Waals surface area contributed by atoms with Crippen LogP contribution in [0.15, 0.2) is 61.6 Å². The zero-order valence-corrected chi connectivity index (χ0v) is 15.2. The fourth-order valence-corrected chi connectivity index (χ4v) is 3.48. The van der Waals surface area contributed by atoms with Crippen molar-refractivity contribution in [3.63, 3.8) is 0 Å². The van der Waals surface area contributed by atoms with Gasteiger partial charge >= 0.3 is 5.63 Å². The van der Waals surface area contributed by atoms with Crippen molar-refractivity contribution in [3.05, 3.63) is 64.3 Å². The zero-order valence-electron chi connectivity index (χ0n) is 14.4. The third-order valence-corrected chi connectivity index (χ3v) is 4.96. The topological polar surface area (TPSA) is 102 Å². The summed E-state index contributed by atoms with van der Waals surface area (Å²) < 4.78 is 10.9. The normalized spacial score (nSPS) is 11.1. The molecule has 0 fully saturated rings. The second kappa shape index (κ2) is 7.24. The van der Waals surface area contributed by atoms with Gasteiger partial charge in [0.2, 0.25) is 5.89 Å². The predicted octanol–water partition coefficient (Wildman–Crippen LogP) is 3.80. The molecule has 7 nitrogen and oxygen atoms in total. The first-order chi connectivity index (χ1) is 13.1. The molecule has 3 aromatic heterocycles. The van der Waals surface area contributed by atoms with Gasteiger partial charge in [0, 0.05) is 41.2 Å². The van der Waals surface area contributed by atoms with E-state index in [1.165, 1.54) is 23.9 Å². The molecule has 0 saturated carbocycles. The Morgan fingerprint density at radius 2 is 1.89 bits per heavy atom. The highest BCUT2D eigenvalue weighted by Gasteiger charge is 2.13. The van der Waals surface area contributed by atoms with Gasteiger partial charge in [-0.15, -0.1) is 10.2 Å². The molecule has 1 N–H and O–H groups in total. The second-order valence-corrected chi connectivity index (χ2v) is 6.75. The van der Waals surface area contributed by atoms with Crippen molar-refractivity contribution in [3.8, 4) is 17.2 Å². The smallest absolute Gasteiger partial charge is 0.336 e. The molecule has 3 heterocycles. The van der Waals surface area contributed by atoms with Crippen molar-refractivity contribution < 1.29 is 13.9 Å². The highest BCUT2D eigenvalue weighted by molar-refractivity contribution is 7.98. The summed E-state index contributed by atoms with van der Waals surface area (Å²) in [6.45, 7) is 1.95. The molecular weight excluding hydrogens is 366 g/mol. The van der Waals surface area contributed by atoms with Gasteiger partial charge in [-0.25, -0.2) is 4.79 Å². The fraction of sp³-hybridized carbons (Fsp3) is 0.158. The molecule has 0 saturated heterocycles. The summed E-state index contributed by atoms with van der Waals surface area (Å²) >= 11 is 1.33. The molecule has 0 unspecified atom stereocenters. The van der Waals surface area contributed by atoms with E-state index >= 15 is 0 Å². The van der Waals surface area contributed by atoms with E-state index in [-0.39, 0.29) is 5.75 Å². The monoisotopic (exact) mass is 381 g/mol. The van der Waals surface area contributed by atoms with Crippen LogP contribution in [0.4, 0.5) is 0 Å². The highest BCUT2D eigenvalue weighted by Crippen LogP contribution is 2.31. The number of benzene rings is 1. The first kappa shape index (κ1) is 17.3. The Hall–Kier alpha value is -3.13. The Bertz CT molecular complexity index is 1150. The van der Waals surface area contributed by atoms with Gasteiger partial charge in [0.1, 0.15) is 11.3 Å². The Morgan fingerprint density at radius 3 is 2.67 bits per heavy atom. The van der Waals surface area contributed by atoms with Gasteiger partial charge < -0.3 is 13.9 Å². The van der Waals surface area contributed by atoms with Crippen molar-refractivity contribution in [2.45, 2.75) is 24.3 Å². The highest BCUT2D eigenvalue weighted by atomic mass is 32.2. The molecule has 1 aromatic carbocycles. The number of aromatic nitrogens is 3. The third kappa shape index (κ3) is 3.56. The van der Waals surface area contributed by atoms with Crippen molar-refractivity contribution in [1.29, 1.82) is 0 Å². The van der Waals surface area contributed by atoms with Gasteiger partial charge in [0.05, 0.1) is 0 Å². The first-order valence-electron chi connectivity index (χ1n) is 8.29. The molecule has 0 atom stereocenters. The quantitative estimate of drug-likeness (QED) is 0.411. The van der Waals surface area contributed by atoms with Crippen molar-refractivity contribution in [1.82, 2.24) is 15.2 Å². The average molecular weight is 381 g/mol. The molecular formula is C19H15N3O4S. The lowest BCUT2D eigenvalue weighted by atomic mass is 10.1. The van der Waals surface area contributed by atoms with Crippen LogP contribution in [0.2, 0.25) is 0 Å². The van der Waals surface area contributed by atoms with E-state index in [2.05, 4.69) is 15.2 Å². The largest absolute Gasteiger partial charge is 0.508 e. The van der Waals surface area contributed by atoms with Gasteiger partial charge in [0.15, 0.2) is 0 Å². The number of hydrogen-bond acceptors (Lipinski definition) is 8. The van der Waals surface area contributed by atoms with Crippen LogP contribution in [0.25, 0.3) is 22.4 Å². The Balaban J connectivity index is 1.62. The van der Waals surface area contributed by atoms with E-state index < -0.39 is 5.63 Å². The van der Waals surface area contributed by atoms with E-state index in [1.54, 1.807) is 24.5 Å². The van der Waals surface area contributed by atoms with Crippen molar-refractivity contribution in [2.75, 3.05) is 0 Å². The average Bonchev–Trinajstić information content (AvgIpc) is 3.15. The minimum absolute atomic E-state index is 0.122. The summed E-state index contributed by atoms with van der Waals surface area (Å²) in [6.07, 6.45) is 3.98. The number of rotatable bonds is 5. The number of aromatic hydroxyl groups is 1. The van der Waals surface area contributed by atoms with Crippen LogP contribution in [0, 0.1) is 0 Å². The van der Waals surface area contributed by atoms with Crippen LogP contribution in [0.1, 0.15) is 18.1 Å². The maximum absolute atomic E-state index is 11.9.